The van der Waals surface area contributed by atoms with Crippen molar-refractivity contribution in [3.05, 3.63) is 58.4 Å². The Balaban J connectivity index is 1.86. The van der Waals surface area contributed by atoms with Crippen molar-refractivity contribution in [3.63, 3.8) is 0 Å². The van der Waals surface area contributed by atoms with E-state index in [0.717, 1.165) is 10.9 Å². The number of anilines is 1. The maximum Gasteiger partial charge on any atom is 0.258 e. The number of hydrogen-bond acceptors (Lipinski definition) is 3. The third-order valence-corrected chi connectivity index (χ3v) is 4.08. The molecule has 124 valence electrons. The summed E-state index contributed by atoms with van der Waals surface area (Å²) in [7, 11) is 1.63. The van der Waals surface area contributed by atoms with Gasteiger partial charge in [-0.2, -0.15) is 5.10 Å². The van der Waals surface area contributed by atoms with Crippen molar-refractivity contribution in [1.29, 1.82) is 0 Å². The van der Waals surface area contributed by atoms with Crippen LogP contribution in [0, 0.1) is 5.82 Å². The number of hydrogen-bond donors (Lipinski definition) is 1. The summed E-state index contributed by atoms with van der Waals surface area (Å²) >= 11 is 3.24. The Morgan fingerprint density at radius 2 is 2.17 bits per heavy atom. The summed E-state index contributed by atoms with van der Waals surface area (Å²) in [6, 6.07) is 9.68. The standard InChI is InChI=1S/C17H15BrFN3O2/c1-24-7-6-22-16-9-13(4-2-11(16)10-20-22)21-17(23)14-8-12(18)3-5-15(14)19/h2-5,8-10H,6-7H2,1H3,(H,21,23). The maximum atomic E-state index is 13.8. The average Bonchev–Trinajstić information content (AvgIpc) is 2.97. The molecule has 0 unspecified atom stereocenters. The van der Waals surface area contributed by atoms with Gasteiger partial charge in [-0.1, -0.05) is 15.9 Å². The van der Waals surface area contributed by atoms with E-state index in [4.69, 9.17) is 4.74 Å². The Labute approximate surface area is 146 Å². The summed E-state index contributed by atoms with van der Waals surface area (Å²) in [6.45, 7) is 1.15. The van der Waals surface area contributed by atoms with Crippen molar-refractivity contribution in [3.8, 4) is 0 Å². The number of amides is 1. The second-order valence-corrected chi connectivity index (χ2v) is 6.13. The van der Waals surface area contributed by atoms with Gasteiger partial charge < -0.3 is 10.1 Å². The Morgan fingerprint density at radius 1 is 1.33 bits per heavy atom. The molecule has 7 heteroatoms. The highest BCUT2D eigenvalue weighted by Gasteiger charge is 2.13. The van der Waals surface area contributed by atoms with E-state index in [1.165, 1.54) is 12.1 Å². The molecule has 0 fully saturated rings. The first-order chi connectivity index (χ1) is 11.6. The van der Waals surface area contributed by atoms with Crippen molar-refractivity contribution >= 4 is 38.4 Å². The largest absolute Gasteiger partial charge is 0.383 e. The van der Waals surface area contributed by atoms with E-state index in [1.807, 2.05) is 12.1 Å². The van der Waals surface area contributed by atoms with Gasteiger partial charge in [-0.3, -0.25) is 9.48 Å². The Kier molecular flexibility index (Phi) is 4.92. The first-order valence-corrected chi connectivity index (χ1v) is 8.08. The van der Waals surface area contributed by atoms with Gasteiger partial charge in [0, 0.05) is 22.7 Å². The molecule has 0 saturated carbocycles. The van der Waals surface area contributed by atoms with Crippen LogP contribution in [0.1, 0.15) is 10.4 Å². The van der Waals surface area contributed by atoms with Crippen LogP contribution in [0.2, 0.25) is 0 Å². The van der Waals surface area contributed by atoms with Crippen molar-refractivity contribution in [1.82, 2.24) is 9.78 Å². The van der Waals surface area contributed by atoms with Gasteiger partial charge in [0.2, 0.25) is 0 Å². The molecule has 1 N–H and O–H groups in total. The van der Waals surface area contributed by atoms with E-state index in [9.17, 15) is 9.18 Å². The lowest BCUT2D eigenvalue weighted by molar-refractivity contribution is 0.102. The third kappa shape index (κ3) is 3.47. The summed E-state index contributed by atoms with van der Waals surface area (Å²) in [5.74, 6) is -1.07. The fraction of sp³-hybridized carbons (Fsp3) is 0.176. The molecule has 0 aliphatic heterocycles. The highest BCUT2D eigenvalue weighted by Crippen LogP contribution is 2.21. The molecule has 1 amide bonds. The van der Waals surface area contributed by atoms with Gasteiger partial charge in [0.15, 0.2) is 0 Å². The average molecular weight is 392 g/mol. The maximum absolute atomic E-state index is 13.8. The topological polar surface area (TPSA) is 56.1 Å². The second kappa shape index (κ2) is 7.11. The van der Waals surface area contributed by atoms with Crippen molar-refractivity contribution in [2.24, 2.45) is 0 Å². The number of aromatic nitrogens is 2. The van der Waals surface area contributed by atoms with E-state index >= 15 is 0 Å². The minimum absolute atomic E-state index is 0.0163. The zero-order chi connectivity index (χ0) is 17.1. The molecule has 2 aromatic carbocycles. The van der Waals surface area contributed by atoms with Gasteiger partial charge in [-0.25, -0.2) is 4.39 Å². The van der Waals surface area contributed by atoms with E-state index in [2.05, 4.69) is 26.3 Å². The SMILES string of the molecule is COCCn1ncc2ccc(NC(=O)c3cc(Br)ccc3F)cc21. The highest BCUT2D eigenvalue weighted by molar-refractivity contribution is 9.10. The molecule has 0 spiro atoms. The number of nitrogens with zero attached hydrogens (tertiary/aromatic N) is 2. The predicted molar refractivity (Wildman–Crippen MR) is 93.7 cm³/mol. The third-order valence-electron chi connectivity index (χ3n) is 3.58. The molecule has 3 rings (SSSR count). The quantitative estimate of drug-likeness (QED) is 0.718. The Morgan fingerprint density at radius 3 is 2.96 bits per heavy atom. The van der Waals surface area contributed by atoms with Crippen LogP contribution in [0.5, 0.6) is 0 Å². The number of rotatable bonds is 5. The summed E-state index contributed by atoms with van der Waals surface area (Å²) in [5.41, 5.74) is 1.43. The Bertz CT molecular complexity index is 895. The highest BCUT2D eigenvalue weighted by atomic mass is 79.9. The number of carbonyl (C=O) groups excluding carboxylic acids is 1. The van der Waals surface area contributed by atoms with Gasteiger partial charge in [0.1, 0.15) is 5.82 Å². The summed E-state index contributed by atoms with van der Waals surface area (Å²) in [4.78, 5) is 12.3. The molecular weight excluding hydrogens is 377 g/mol. The number of ether oxygens (including phenoxy) is 1. The number of methoxy groups -OCH3 is 1. The lowest BCUT2D eigenvalue weighted by Gasteiger charge is -2.08. The number of benzene rings is 2. The van der Waals surface area contributed by atoms with E-state index < -0.39 is 11.7 Å². The minimum Gasteiger partial charge on any atom is -0.383 e. The monoisotopic (exact) mass is 391 g/mol. The van der Waals surface area contributed by atoms with Gasteiger partial charge in [-0.05, 0) is 36.4 Å². The molecule has 0 saturated heterocycles. The van der Waals surface area contributed by atoms with Gasteiger partial charge in [-0.15, -0.1) is 0 Å². The molecule has 1 aromatic heterocycles. The Hall–Kier alpha value is -2.25. The van der Waals surface area contributed by atoms with Crippen LogP contribution in [0.25, 0.3) is 10.9 Å². The molecule has 0 aliphatic carbocycles. The molecule has 0 aliphatic rings. The van der Waals surface area contributed by atoms with Crippen LogP contribution in [0.15, 0.2) is 47.1 Å². The van der Waals surface area contributed by atoms with E-state index in [1.54, 1.807) is 30.1 Å². The molecule has 3 aromatic rings. The molecule has 1 heterocycles. The molecule has 24 heavy (non-hydrogen) atoms. The first kappa shape index (κ1) is 16.6. The van der Waals surface area contributed by atoms with Crippen molar-refractivity contribution in [2.45, 2.75) is 6.54 Å². The van der Waals surface area contributed by atoms with Crippen molar-refractivity contribution in [2.75, 3.05) is 19.0 Å². The van der Waals surface area contributed by atoms with Crippen LogP contribution >= 0.6 is 15.9 Å². The second-order valence-electron chi connectivity index (χ2n) is 5.21. The lowest BCUT2D eigenvalue weighted by atomic mass is 10.2. The predicted octanol–water partition coefficient (Wildman–Crippen LogP) is 3.84. The fourth-order valence-corrected chi connectivity index (χ4v) is 2.74. The molecular formula is C17H15BrFN3O2. The fourth-order valence-electron chi connectivity index (χ4n) is 2.37. The van der Waals surface area contributed by atoms with Crippen LogP contribution in [0.4, 0.5) is 10.1 Å². The summed E-state index contributed by atoms with van der Waals surface area (Å²) in [6.07, 6.45) is 1.75. The zero-order valence-electron chi connectivity index (χ0n) is 12.9. The number of fused-ring (bicyclic) bond motifs is 1. The van der Waals surface area contributed by atoms with Gasteiger partial charge in [0.05, 0.1) is 30.4 Å². The van der Waals surface area contributed by atoms with Crippen LogP contribution in [0.3, 0.4) is 0 Å². The normalized spacial score (nSPS) is 11.0. The van der Waals surface area contributed by atoms with Gasteiger partial charge in [0.25, 0.3) is 5.91 Å². The summed E-state index contributed by atoms with van der Waals surface area (Å²) < 4.78 is 21.3. The first-order valence-electron chi connectivity index (χ1n) is 7.29. The zero-order valence-corrected chi connectivity index (χ0v) is 14.5. The van der Waals surface area contributed by atoms with E-state index in [0.29, 0.717) is 23.3 Å². The number of carbonyl (C=O) groups is 1. The number of nitrogens with one attached hydrogen (secondary N) is 1. The molecule has 0 radical (unpaired) electrons. The van der Waals surface area contributed by atoms with Crippen LogP contribution in [-0.4, -0.2) is 29.4 Å². The van der Waals surface area contributed by atoms with Crippen LogP contribution in [-0.2, 0) is 11.3 Å². The summed E-state index contributed by atoms with van der Waals surface area (Å²) in [5, 5.41) is 7.97. The van der Waals surface area contributed by atoms with Gasteiger partial charge >= 0.3 is 0 Å². The molecule has 5 nitrogen and oxygen atoms in total. The van der Waals surface area contributed by atoms with E-state index in [-0.39, 0.29) is 5.56 Å². The lowest BCUT2D eigenvalue weighted by Crippen LogP contribution is -2.14. The van der Waals surface area contributed by atoms with Crippen LogP contribution < -0.4 is 5.32 Å². The van der Waals surface area contributed by atoms with Crippen molar-refractivity contribution < 1.29 is 13.9 Å². The number of halogens is 2. The smallest absolute Gasteiger partial charge is 0.258 e. The molecule has 0 atom stereocenters. The minimum atomic E-state index is -0.568. The molecule has 0 bridgehead atoms.